The van der Waals surface area contributed by atoms with Gasteiger partial charge in [-0.15, -0.1) is 0 Å². The predicted molar refractivity (Wildman–Crippen MR) is 94.1 cm³/mol. The summed E-state index contributed by atoms with van der Waals surface area (Å²) in [6, 6.07) is 0. The third-order valence-corrected chi connectivity index (χ3v) is 8.21. The fourth-order valence-electron chi connectivity index (χ4n) is 6.26. The van der Waals surface area contributed by atoms with Gasteiger partial charge in [0.25, 0.3) is 0 Å². The van der Waals surface area contributed by atoms with Crippen molar-refractivity contribution in [1.29, 1.82) is 0 Å². The van der Waals surface area contributed by atoms with Crippen molar-refractivity contribution >= 4 is 0 Å². The third kappa shape index (κ3) is 2.81. The Morgan fingerprint density at radius 2 is 0.667 bits per heavy atom. The molecule has 21 heavy (non-hydrogen) atoms. The van der Waals surface area contributed by atoms with Crippen LogP contribution in [0.25, 0.3) is 0 Å². The highest BCUT2D eigenvalue weighted by Crippen LogP contribution is 2.61. The van der Waals surface area contributed by atoms with Gasteiger partial charge in [0.2, 0.25) is 0 Å². The lowest BCUT2D eigenvalue weighted by Gasteiger charge is -2.40. The van der Waals surface area contributed by atoms with Crippen LogP contribution in [0.4, 0.5) is 0 Å². The Hall–Kier alpha value is 0. The summed E-state index contributed by atoms with van der Waals surface area (Å²) >= 11 is 0. The number of fused-ring (bicyclic) bond motifs is 2. The van der Waals surface area contributed by atoms with Crippen LogP contribution < -0.4 is 0 Å². The fourth-order valence-corrected chi connectivity index (χ4v) is 6.26. The largest absolute Gasteiger partial charge is 0.0656 e. The van der Waals surface area contributed by atoms with Gasteiger partial charge in [-0.05, 0) is 72.0 Å². The van der Waals surface area contributed by atoms with Gasteiger partial charge in [-0.3, -0.25) is 0 Å². The Morgan fingerprint density at radius 1 is 0.476 bits per heavy atom. The first-order valence-electron chi connectivity index (χ1n) is 9.84. The van der Waals surface area contributed by atoms with Gasteiger partial charge in [0.05, 0.1) is 0 Å². The highest BCUT2D eigenvalue weighted by atomic mass is 14.6. The molecule has 124 valence electrons. The Balaban J connectivity index is 0.000000497. The fraction of sp³-hybridized carbons (Fsp3) is 1.00. The van der Waals surface area contributed by atoms with Crippen molar-refractivity contribution in [3.8, 4) is 0 Å². The van der Waals surface area contributed by atoms with E-state index < -0.39 is 0 Å². The highest BCUT2D eigenvalue weighted by Gasteiger charge is 2.54. The van der Waals surface area contributed by atoms with Crippen LogP contribution in [-0.4, -0.2) is 0 Å². The van der Waals surface area contributed by atoms with E-state index in [1.807, 2.05) is 0 Å². The Kier molecular flexibility index (Phi) is 5.48. The summed E-state index contributed by atoms with van der Waals surface area (Å²) in [5.41, 5.74) is 0. The number of hydrogen-bond donors (Lipinski definition) is 0. The maximum Gasteiger partial charge on any atom is -0.0352 e. The van der Waals surface area contributed by atoms with Crippen molar-refractivity contribution in [2.75, 3.05) is 0 Å². The SMILES string of the molecule is CC1C(C)C2CC3C(C)C(C)C(C)C3CC2C1C.CCC. The smallest absolute Gasteiger partial charge is 0.0352 e. The van der Waals surface area contributed by atoms with Gasteiger partial charge in [-0.1, -0.05) is 61.8 Å². The summed E-state index contributed by atoms with van der Waals surface area (Å²) in [4.78, 5) is 0. The van der Waals surface area contributed by atoms with Crippen LogP contribution in [0.3, 0.4) is 0 Å². The molecule has 0 aromatic heterocycles. The van der Waals surface area contributed by atoms with E-state index in [1.165, 1.54) is 6.42 Å². The number of hydrogen-bond acceptors (Lipinski definition) is 0. The molecule has 0 radical (unpaired) electrons. The van der Waals surface area contributed by atoms with Crippen molar-refractivity contribution < 1.29 is 0 Å². The van der Waals surface area contributed by atoms with Crippen LogP contribution in [0.2, 0.25) is 0 Å². The lowest BCUT2D eigenvalue weighted by molar-refractivity contribution is 0.0887. The van der Waals surface area contributed by atoms with Crippen LogP contribution >= 0.6 is 0 Å². The van der Waals surface area contributed by atoms with Gasteiger partial charge in [-0.25, -0.2) is 0 Å². The quantitative estimate of drug-likeness (QED) is 0.477. The van der Waals surface area contributed by atoms with Crippen LogP contribution in [0.5, 0.6) is 0 Å². The predicted octanol–water partition coefficient (Wildman–Crippen LogP) is 6.51. The zero-order valence-electron chi connectivity index (χ0n) is 15.9. The molecule has 0 heteroatoms. The van der Waals surface area contributed by atoms with Gasteiger partial charge >= 0.3 is 0 Å². The molecule has 0 aromatic carbocycles. The Labute approximate surface area is 134 Å². The van der Waals surface area contributed by atoms with E-state index in [9.17, 15) is 0 Å². The summed E-state index contributed by atoms with van der Waals surface area (Å²) in [6.07, 6.45) is 4.36. The maximum atomic E-state index is 2.54. The van der Waals surface area contributed by atoms with Crippen LogP contribution in [-0.2, 0) is 0 Å². The number of rotatable bonds is 0. The molecule has 3 rings (SSSR count). The monoisotopic (exact) mass is 292 g/mol. The third-order valence-electron chi connectivity index (χ3n) is 8.21. The molecule has 8 atom stereocenters. The van der Waals surface area contributed by atoms with E-state index in [4.69, 9.17) is 0 Å². The minimum absolute atomic E-state index is 0.960. The lowest BCUT2D eigenvalue weighted by atomic mass is 9.65. The summed E-state index contributed by atoms with van der Waals surface area (Å²) in [5.74, 6) is 10.0. The molecule has 0 amide bonds. The Morgan fingerprint density at radius 3 is 0.857 bits per heavy atom. The first kappa shape index (κ1) is 17.4. The molecule has 3 saturated carbocycles. The van der Waals surface area contributed by atoms with Crippen molar-refractivity contribution in [1.82, 2.24) is 0 Å². The second-order valence-electron chi connectivity index (χ2n) is 8.99. The average molecular weight is 293 g/mol. The Bertz CT molecular complexity index is 273. The lowest BCUT2D eigenvalue weighted by Crippen LogP contribution is -2.33. The van der Waals surface area contributed by atoms with Crippen molar-refractivity contribution in [2.45, 2.75) is 74.7 Å². The summed E-state index contributed by atoms with van der Waals surface area (Å²) in [7, 11) is 0. The van der Waals surface area contributed by atoms with Crippen molar-refractivity contribution in [3.05, 3.63) is 0 Å². The van der Waals surface area contributed by atoms with Gasteiger partial charge in [0, 0.05) is 0 Å². The molecular formula is C21H40. The first-order valence-corrected chi connectivity index (χ1v) is 9.84. The molecule has 8 unspecified atom stereocenters. The van der Waals surface area contributed by atoms with Crippen molar-refractivity contribution in [3.63, 3.8) is 0 Å². The van der Waals surface area contributed by atoms with E-state index >= 15 is 0 Å². The molecule has 0 spiro atoms. The highest BCUT2D eigenvalue weighted by molar-refractivity contribution is 5.03. The molecule has 0 aromatic rings. The molecule has 0 aliphatic heterocycles. The molecule has 0 saturated heterocycles. The summed E-state index contributed by atoms with van der Waals surface area (Å²) < 4.78 is 0. The van der Waals surface area contributed by atoms with E-state index in [1.54, 1.807) is 12.8 Å². The minimum atomic E-state index is 0.960. The topological polar surface area (TPSA) is 0 Å². The van der Waals surface area contributed by atoms with Crippen LogP contribution in [0, 0.1) is 59.2 Å². The normalized spacial score (nSPS) is 55.4. The van der Waals surface area contributed by atoms with Crippen LogP contribution in [0.1, 0.15) is 74.7 Å². The molecule has 0 heterocycles. The second-order valence-corrected chi connectivity index (χ2v) is 8.99. The molecule has 0 N–H and O–H groups in total. The van der Waals surface area contributed by atoms with E-state index in [0.717, 1.165) is 59.2 Å². The summed E-state index contributed by atoms with van der Waals surface area (Å²) in [5, 5.41) is 0. The van der Waals surface area contributed by atoms with E-state index in [-0.39, 0.29) is 0 Å². The zero-order valence-corrected chi connectivity index (χ0v) is 15.9. The first-order chi connectivity index (χ1) is 9.84. The molecule has 0 bridgehead atoms. The summed E-state index contributed by atoms with van der Waals surface area (Å²) in [6.45, 7) is 19.4. The van der Waals surface area contributed by atoms with Crippen LogP contribution in [0.15, 0.2) is 0 Å². The molecular weight excluding hydrogens is 252 g/mol. The van der Waals surface area contributed by atoms with Gasteiger partial charge in [0.1, 0.15) is 0 Å². The molecule has 3 aliphatic carbocycles. The van der Waals surface area contributed by atoms with Crippen molar-refractivity contribution in [2.24, 2.45) is 59.2 Å². The molecule has 3 aliphatic rings. The van der Waals surface area contributed by atoms with E-state index in [2.05, 4.69) is 55.4 Å². The zero-order chi connectivity index (χ0) is 15.9. The van der Waals surface area contributed by atoms with Gasteiger partial charge in [-0.2, -0.15) is 0 Å². The second kappa shape index (κ2) is 6.63. The maximum absolute atomic E-state index is 2.54. The molecule has 0 nitrogen and oxygen atoms in total. The van der Waals surface area contributed by atoms with Gasteiger partial charge in [0.15, 0.2) is 0 Å². The average Bonchev–Trinajstić information content (AvgIpc) is 2.81. The standard InChI is InChI=1S/C18H32.C3H8/c1-9-11(3)15-7-17-13(5)10(2)14(6)18(17)8-16(15)12(9)4;1-3-2/h9-18H,7-8H2,1-6H3;3H2,1-2H3. The van der Waals surface area contributed by atoms with E-state index in [0.29, 0.717) is 0 Å². The minimum Gasteiger partial charge on any atom is -0.0656 e. The molecule has 3 fully saturated rings. The van der Waals surface area contributed by atoms with Gasteiger partial charge < -0.3 is 0 Å².